The van der Waals surface area contributed by atoms with Crippen molar-refractivity contribution in [3.63, 3.8) is 0 Å². The Labute approximate surface area is 162 Å². The quantitative estimate of drug-likeness (QED) is 0.797. The third-order valence-electron chi connectivity index (χ3n) is 5.58. The standard InChI is InChI=1S/C20H29N3O2.ClH/c1-15-3-4-17(13-16(15)2)19(24)5-6-20(25)23-10-7-18(14-23)22-11-8-21-9-12-22;/h3-4,13,18,21H,5-12,14H2,1-2H3;1H. The highest BCUT2D eigenvalue weighted by molar-refractivity contribution is 5.98. The molecule has 1 amide bonds. The number of likely N-dealkylation sites (tertiary alicyclic amines) is 1. The summed E-state index contributed by atoms with van der Waals surface area (Å²) in [6.45, 7) is 9.90. The fraction of sp³-hybridized carbons (Fsp3) is 0.600. The number of carbonyl (C=O) groups is 2. The van der Waals surface area contributed by atoms with Gasteiger partial charge < -0.3 is 10.2 Å². The normalized spacial score (nSPS) is 20.7. The lowest BCUT2D eigenvalue weighted by Crippen LogP contribution is -2.49. The van der Waals surface area contributed by atoms with Crippen molar-refractivity contribution in [2.45, 2.75) is 39.2 Å². The van der Waals surface area contributed by atoms with Gasteiger partial charge >= 0.3 is 0 Å². The molecular weight excluding hydrogens is 350 g/mol. The molecule has 26 heavy (non-hydrogen) atoms. The van der Waals surface area contributed by atoms with Crippen molar-refractivity contribution in [2.75, 3.05) is 39.3 Å². The molecule has 1 aromatic rings. The van der Waals surface area contributed by atoms with Crippen LogP contribution in [0.3, 0.4) is 0 Å². The summed E-state index contributed by atoms with van der Waals surface area (Å²) in [6.07, 6.45) is 1.67. The maximum atomic E-state index is 12.5. The molecule has 2 heterocycles. The molecule has 1 aromatic carbocycles. The first-order chi connectivity index (χ1) is 12.0. The predicted octanol–water partition coefficient (Wildman–Crippen LogP) is 2.19. The lowest BCUT2D eigenvalue weighted by atomic mass is 10.0. The second kappa shape index (κ2) is 9.49. The Morgan fingerprint density at radius 1 is 1.08 bits per heavy atom. The van der Waals surface area contributed by atoms with Crippen LogP contribution in [0, 0.1) is 13.8 Å². The van der Waals surface area contributed by atoms with Crippen molar-refractivity contribution >= 4 is 24.1 Å². The number of carbonyl (C=O) groups excluding carboxylic acids is 2. The van der Waals surface area contributed by atoms with E-state index in [9.17, 15) is 9.59 Å². The highest BCUT2D eigenvalue weighted by Gasteiger charge is 2.30. The van der Waals surface area contributed by atoms with Gasteiger partial charge in [0.05, 0.1) is 0 Å². The smallest absolute Gasteiger partial charge is 0.223 e. The third kappa shape index (κ3) is 5.06. The number of benzene rings is 1. The van der Waals surface area contributed by atoms with Crippen LogP contribution in [0.5, 0.6) is 0 Å². The summed E-state index contributed by atoms with van der Waals surface area (Å²) in [5.74, 6) is 0.184. The zero-order valence-corrected chi connectivity index (χ0v) is 16.6. The molecule has 0 aromatic heterocycles. The summed E-state index contributed by atoms with van der Waals surface area (Å²) < 4.78 is 0. The molecule has 2 saturated heterocycles. The molecule has 1 N–H and O–H groups in total. The van der Waals surface area contributed by atoms with Crippen LogP contribution in [0.15, 0.2) is 18.2 Å². The van der Waals surface area contributed by atoms with Crippen molar-refractivity contribution in [2.24, 2.45) is 0 Å². The molecule has 2 aliphatic heterocycles. The van der Waals surface area contributed by atoms with Gasteiger partial charge in [0, 0.05) is 63.7 Å². The fourth-order valence-corrected chi connectivity index (χ4v) is 3.75. The first-order valence-electron chi connectivity index (χ1n) is 9.37. The van der Waals surface area contributed by atoms with Crippen molar-refractivity contribution < 1.29 is 9.59 Å². The number of piperazine rings is 1. The van der Waals surface area contributed by atoms with Crippen molar-refractivity contribution in [1.82, 2.24) is 15.1 Å². The minimum atomic E-state index is 0. The molecule has 0 aliphatic carbocycles. The Morgan fingerprint density at radius 2 is 1.81 bits per heavy atom. The van der Waals surface area contributed by atoms with Gasteiger partial charge in [-0.2, -0.15) is 0 Å². The SMILES string of the molecule is Cc1ccc(C(=O)CCC(=O)N2CCC(N3CCNCC3)C2)cc1C.Cl. The molecule has 2 fully saturated rings. The Morgan fingerprint density at radius 3 is 2.50 bits per heavy atom. The molecule has 2 aliphatic rings. The molecule has 0 saturated carbocycles. The van der Waals surface area contributed by atoms with Crippen LogP contribution in [0.1, 0.15) is 40.7 Å². The van der Waals surface area contributed by atoms with Crippen molar-refractivity contribution in [3.8, 4) is 0 Å². The van der Waals surface area contributed by atoms with Gasteiger partial charge in [0.2, 0.25) is 5.91 Å². The second-order valence-electron chi connectivity index (χ2n) is 7.29. The number of nitrogens with one attached hydrogen (secondary N) is 1. The molecule has 0 radical (unpaired) electrons. The van der Waals surface area contributed by atoms with Crippen LogP contribution < -0.4 is 5.32 Å². The maximum absolute atomic E-state index is 12.5. The Bertz CT molecular complexity index is 644. The van der Waals surface area contributed by atoms with E-state index >= 15 is 0 Å². The lowest BCUT2D eigenvalue weighted by molar-refractivity contribution is -0.130. The van der Waals surface area contributed by atoms with E-state index in [1.807, 2.05) is 36.9 Å². The van der Waals surface area contributed by atoms with Crippen molar-refractivity contribution in [1.29, 1.82) is 0 Å². The van der Waals surface area contributed by atoms with Gasteiger partial charge in [0.1, 0.15) is 0 Å². The van der Waals surface area contributed by atoms with Gasteiger partial charge in [-0.3, -0.25) is 14.5 Å². The van der Waals surface area contributed by atoms with E-state index in [1.165, 1.54) is 5.56 Å². The Kier molecular flexibility index (Phi) is 7.62. The average Bonchev–Trinajstić information content (AvgIpc) is 3.12. The zero-order valence-electron chi connectivity index (χ0n) is 15.8. The van der Waals surface area contributed by atoms with Gasteiger partial charge in [0.15, 0.2) is 5.78 Å². The van der Waals surface area contributed by atoms with Crippen LogP contribution >= 0.6 is 12.4 Å². The summed E-state index contributed by atoms with van der Waals surface area (Å²) in [6, 6.07) is 6.26. The van der Waals surface area contributed by atoms with Gasteiger partial charge in [-0.1, -0.05) is 12.1 Å². The summed E-state index contributed by atoms with van der Waals surface area (Å²) >= 11 is 0. The number of aryl methyl sites for hydroxylation is 2. The fourth-order valence-electron chi connectivity index (χ4n) is 3.75. The van der Waals surface area contributed by atoms with Gasteiger partial charge in [-0.25, -0.2) is 0 Å². The topological polar surface area (TPSA) is 52.7 Å². The molecule has 3 rings (SSSR count). The van der Waals surface area contributed by atoms with Crippen LogP contribution in [-0.4, -0.2) is 66.8 Å². The summed E-state index contributed by atoms with van der Waals surface area (Å²) in [5.41, 5.74) is 3.02. The van der Waals surface area contributed by atoms with Crippen LogP contribution in [0.25, 0.3) is 0 Å². The monoisotopic (exact) mass is 379 g/mol. The first kappa shape index (κ1) is 20.9. The number of amides is 1. The van der Waals surface area contributed by atoms with Crippen LogP contribution in [-0.2, 0) is 4.79 Å². The Balaban J connectivity index is 0.00000243. The average molecular weight is 380 g/mol. The highest BCUT2D eigenvalue weighted by Crippen LogP contribution is 2.18. The van der Waals surface area contributed by atoms with E-state index in [2.05, 4.69) is 10.2 Å². The molecule has 1 atom stereocenters. The van der Waals surface area contributed by atoms with E-state index in [1.54, 1.807) is 0 Å². The van der Waals surface area contributed by atoms with E-state index in [-0.39, 0.29) is 24.1 Å². The summed E-state index contributed by atoms with van der Waals surface area (Å²) in [4.78, 5) is 29.3. The first-order valence-corrected chi connectivity index (χ1v) is 9.37. The number of ketones is 1. The van der Waals surface area contributed by atoms with Gasteiger partial charge in [-0.05, 0) is 37.5 Å². The minimum Gasteiger partial charge on any atom is -0.341 e. The zero-order chi connectivity index (χ0) is 17.8. The Hall–Kier alpha value is -1.43. The lowest BCUT2D eigenvalue weighted by Gasteiger charge is -2.32. The number of nitrogens with zero attached hydrogens (tertiary/aromatic N) is 2. The second-order valence-corrected chi connectivity index (χ2v) is 7.29. The summed E-state index contributed by atoms with van der Waals surface area (Å²) in [7, 11) is 0. The predicted molar refractivity (Wildman–Crippen MR) is 106 cm³/mol. The van der Waals surface area contributed by atoms with Gasteiger partial charge in [-0.15, -0.1) is 12.4 Å². The molecule has 6 heteroatoms. The number of hydrogen-bond donors (Lipinski definition) is 1. The number of hydrogen-bond acceptors (Lipinski definition) is 4. The third-order valence-corrected chi connectivity index (χ3v) is 5.58. The van der Waals surface area contributed by atoms with E-state index in [0.717, 1.165) is 56.8 Å². The number of halogens is 1. The van der Waals surface area contributed by atoms with Gasteiger partial charge in [0.25, 0.3) is 0 Å². The highest BCUT2D eigenvalue weighted by atomic mass is 35.5. The number of rotatable bonds is 5. The molecular formula is C20H30ClN3O2. The molecule has 144 valence electrons. The van der Waals surface area contributed by atoms with E-state index < -0.39 is 0 Å². The minimum absolute atomic E-state index is 0. The molecule has 5 nitrogen and oxygen atoms in total. The summed E-state index contributed by atoms with van der Waals surface area (Å²) in [5, 5.41) is 3.37. The molecule has 0 bridgehead atoms. The van der Waals surface area contributed by atoms with Crippen LogP contribution in [0.2, 0.25) is 0 Å². The van der Waals surface area contributed by atoms with Crippen LogP contribution in [0.4, 0.5) is 0 Å². The molecule has 0 spiro atoms. The largest absolute Gasteiger partial charge is 0.341 e. The van der Waals surface area contributed by atoms with Crippen molar-refractivity contribution in [3.05, 3.63) is 34.9 Å². The maximum Gasteiger partial charge on any atom is 0.223 e. The van der Waals surface area contributed by atoms with E-state index in [0.29, 0.717) is 18.9 Å². The number of Topliss-reactive ketones (excluding diaryl/α,β-unsaturated/α-hetero) is 1. The molecule has 1 unspecified atom stereocenters. The van der Waals surface area contributed by atoms with E-state index in [4.69, 9.17) is 0 Å².